The van der Waals surface area contributed by atoms with Crippen molar-refractivity contribution in [3.8, 4) is 0 Å². The molecule has 0 radical (unpaired) electrons. The van der Waals surface area contributed by atoms with E-state index in [4.69, 9.17) is 4.74 Å². The summed E-state index contributed by atoms with van der Waals surface area (Å²) in [4.78, 5) is 6.17. The smallest absolute Gasteiger partial charge is 0.170 e. The van der Waals surface area contributed by atoms with Gasteiger partial charge in [0.15, 0.2) is 11.6 Å². The molecule has 1 aliphatic carbocycles. The molecule has 1 aromatic heterocycles. The Morgan fingerprint density at radius 2 is 2.25 bits per heavy atom. The summed E-state index contributed by atoms with van der Waals surface area (Å²) in [6.45, 7) is 5.83. The maximum Gasteiger partial charge on any atom is 0.170 e. The van der Waals surface area contributed by atoms with Gasteiger partial charge in [0.05, 0.1) is 6.61 Å². The van der Waals surface area contributed by atoms with Gasteiger partial charge in [0, 0.05) is 44.0 Å². The van der Waals surface area contributed by atoms with Gasteiger partial charge < -0.3 is 15.0 Å². The largest absolute Gasteiger partial charge is 0.383 e. The van der Waals surface area contributed by atoms with Crippen LogP contribution in [0.4, 0.5) is 10.2 Å². The van der Waals surface area contributed by atoms with Gasteiger partial charge in [-0.05, 0) is 32.8 Å². The normalized spacial score (nSPS) is 14.8. The third kappa shape index (κ3) is 3.90. The van der Waals surface area contributed by atoms with Crippen molar-refractivity contribution in [2.45, 2.75) is 45.3 Å². The van der Waals surface area contributed by atoms with E-state index in [1.807, 2.05) is 18.7 Å². The molecule has 0 atom stereocenters. The Morgan fingerprint density at radius 3 is 2.85 bits per heavy atom. The number of hydrogen-bond donors (Lipinski definition) is 1. The molecule has 1 heterocycles. The van der Waals surface area contributed by atoms with Crippen molar-refractivity contribution < 1.29 is 9.13 Å². The molecule has 0 spiro atoms. The zero-order chi connectivity index (χ0) is 14.5. The highest BCUT2D eigenvalue weighted by atomic mass is 19.1. The van der Waals surface area contributed by atoms with Crippen molar-refractivity contribution in [2.75, 3.05) is 25.2 Å². The number of anilines is 1. The molecule has 0 amide bonds. The summed E-state index contributed by atoms with van der Waals surface area (Å²) in [6.07, 6.45) is 4.08. The van der Waals surface area contributed by atoms with Crippen molar-refractivity contribution in [3.63, 3.8) is 0 Å². The molecule has 0 saturated heterocycles. The van der Waals surface area contributed by atoms with Crippen LogP contribution >= 0.6 is 0 Å². The molecular weight excluding hydrogens is 257 g/mol. The van der Waals surface area contributed by atoms with E-state index in [-0.39, 0.29) is 11.9 Å². The molecule has 0 unspecified atom stereocenters. The Kier molecular flexibility index (Phi) is 5.31. The highest BCUT2D eigenvalue weighted by Gasteiger charge is 2.22. The van der Waals surface area contributed by atoms with Crippen LogP contribution in [0.15, 0.2) is 12.3 Å². The number of methoxy groups -OCH3 is 1. The fourth-order valence-corrected chi connectivity index (χ4v) is 2.15. The molecule has 5 heteroatoms. The molecule has 4 nitrogen and oxygen atoms in total. The van der Waals surface area contributed by atoms with E-state index < -0.39 is 0 Å². The number of pyridine rings is 1. The Hall–Kier alpha value is -1.20. The fraction of sp³-hybridized carbons (Fsp3) is 0.667. The van der Waals surface area contributed by atoms with Crippen LogP contribution in [0.25, 0.3) is 0 Å². The van der Waals surface area contributed by atoms with E-state index in [0.717, 1.165) is 0 Å². The third-order valence-electron chi connectivity index (χ3n) is 3.54. The van der Waals surface area contributed by atoms with Gasteiger partial charge in [-0.25, -0.2) is 9.37 Å². The molecule has 1 saturated carbocycles. The van der Waals surface area contributed by atoms with E-state index in [2.05, 4.69) is 10.3 Å². The lowest BCUT2D eigenvalue weighted by Crippen LogP contribution is -2.35. The molecule has 20 heavy (non-hydrogen) atoms. The number of halogens is 1. The third-order valence-corrected chi connectivity index (χ3v) is 3.54. The van der Waals surface area contributed by atoms with Crippen molar-refractivity contribution in [1.82, 2.24) is 10.3 Å². The quantitative estimate of drug-likeness (QED) is 0.793. The minimum atomic E-state index is -0.217. The van der Waals surface area contributed by atoms with Gasteiger partial charge in [-0.2, -0.15) is 0 Å². The SMILES string of the molecule is COCCN(c1nccc(CNC2CC2)c1F)C(C)C. The zero-order valence-electron chi connectivity index (χ0n) is 12.5. The number of nitrogens with one attached hydrogen (secondary N) is 1. The molecule has 1 aliphatic rings. The maximum atomic E-state index is 14.6. The Bertz CT molecular complexity index is 435. The van der Waals surface area contributed by atoms with E-state index in [0.29, 0.717) is 37.1 Å². The lowest BCUT2D eigenvalue weighted by Gasteiger charge is -2.28. The summed E-state index contributed by atoms with van der Waals surface area (Å²) < 4.78 is 19.7. The standard InChI is InChI=1S/C15H24FN3O/c1-11(2)19(8-9-20-3)15-14(16)12(6-7-17-15)10-18-13-4-5-13/h6-7,11,13,18H,4-5,8-10H2,1-3H3. The Balaban J connectivity index is 2.13. The first-order valence-corrected chi connectivity index (χ1v) is 7.25. The average Bonchev–Trinajstić information content (AvgIpc) is 3.23. The van der Waals surface area contributed by atoms with Crippen LogP contribution in [0, 0.1) is 5.82 Å². The van der Waals surface area contributed by atoms with E-state index in [1.54, 1.807) is 19.4 Å². The summed E-state index contributed by atoms with van der Waals surface area (Å²) in [5, 5.41) is 3.34. The summed E-state index contributed by atoms with van der Waals surface area (Å²) >= 11 is 0. The zero-order valence-corrected chi connectivity index (χ0v) is 12.5. The monoisotopic (exact) mass is 281 g/mol. The summed E-state index contributed by atoms with van der Waals surface area (Å²) in [6, 6.07) is 2.50. The van der Waals surface area contributed by atoms with Crippen molar-refractivity contribution in [2.24, 2.45) is 0 Å². The predicted octanol–water partition coefficient (Wildman–Crippen LogP) is 2.33. The van der Waals surface area contributed by atoms with Crippen LogP contribution < -0.4 is 10.2 Å². The van der Waals surface area contributed by atoms with Crippen LogP contribution in [-0.2, 0) is 11.3 Å². The first-order chi connectivity index (χ1) is 9.63. The first kappa shape index (κ1) is 15.2. The minimum Gasteiger partial charge on any atom is -0.383 e. The summed E-state index contributed by atoms with van der Waals surface area (Å²) in [5.41, 5.74) is 0.685. The molecule has 0 aliphatic heterocycles. The highest BCUT2D eigenvalue weighted by Crippen LogP contribution is 2.23. The van der Waals surface area contributed by atoms with Gasteiger partial charge in [0.1, 0.15) is 0 Å². The lowest BCUT2D eigenvalue weighted by molar-refractivity contribution is 0.203. The van der Waals surface area contributed by atoms with Crippen LogP contribution in [0.1, 0.15) is 32.3 Å². The van der Waals surface area contributed by atoms with Crippen LogP contribution in [-0.4, -0.2) is 37.3 Å². The number of aromatic nitrogens is 1. The predicted molar refractivity (Wildman–Crippen MR) is 78.4 cm³/mol. The average molecular weight is 281 g/mol. The Labute approximate surface area is 120 Å². The lowest BCUT2D eigenvalue weighted by atomic mass is 10.2. The van der Waals surface area contributed by atoms with Crippen molar-refractivity contribution in [3.05, 3.63) is 23.6 Å². The van der Waals surface area contributed by atoms with E-state index >= 15 is 0 Å². The maximum absolute atomic E-state index is 14.6. The molecule has 0 aromatic carbocycles. The molecule has 112 valence electrons. The van der Waals surface area contributed by atoms with Crippen LogP contribution in [0.5, 0.6) is 0 Å². The van der Waals surface area contributed by atoms with E-state index in [9.17, 15) is 4.39 Å². The summed E-state index contributed by atoms with van der Waals surface area (Å²) in [5.74, 6) is 0.206. The molecule has 1 N–H and O–H groups in total. The number of rotatable bonds is 8. The molecule has 2 rings (SSSR count). The van der Waals surface area contributed by atoms with Gasteiger partial charge in [-0.1, -0.05) is 0 Å². The van der Waals surface area contributed by atoms with Gasteiger partial charge in [-0.15, -0.1) is 0 Å². The highest BCUT2D eigenvalue weighted by molar-refractivity contribution is 5.44. The topological polar surface area (TPSA) is 37.4 Å². The molecule has 0 bridgehead atoms. The van der Waals surface area contributed by atoms with Gasteiger partial charge in [0.25, 0.3) is 0 Å². The second-order valence-corrected chi connectivity index (χ2v) is 5.54. The van der Waals surface area contributed by atoms with E-state index in [1.165, 1.54) is 12.8 Å². The van der Waals surface area contributed by atoms with Gasteiger partial charge in [0.2, 0.25) is 0 Å². The van der Waals surface area contributed by atoms with Gasteiger partial charge >= 0.3 is 0 Å². The summed E-state index contributed by atoms with van der Waals surface area (Å²) in [7, 11) is 1.65. The fourth-order valence-electron chi connectivity index (χ4n) is 2.15. The first-order valence-electron chi connectivity index (χ1n) is 7.25. The van der Waals surface area contributed by atoms with Crippen molar-refractivity contribution in [1.29, 1.82) is 0 Å². The number of ether oxygens (including phenoxy) is 1. The second-order valence-electron chi connectivity index (χ2n) is 5.54. The van der Waals surface area contributed by atoms with Crippen LogP contribution in [0.3, 0.4) is 0 Å². The molecular formula is C15H24FN3O. The number of hydrogen-bond acceptors (Lipinski definition) is 4. The van der Waals surface area contributed by atoms with Gasteiger partial charge in [-0.3, -0.25) is 0 Å². The number of nitrogens with zero attached hydrogens (tertiary/aromatic N) is 2. The Morgan fingerprint density at radius 1 is 1.50 bits per heavy atom. The second kappa shape index (κ2) is 6.99. The molecule has 1 fully saturated rings. The minimum absolute atomic E-state index is 0.179. The molecule has 1 aromatic rings. The van der Waals surface area contributed by atoms with Crippen molar-refractivity contribution >= 4 is 5.82 Å². The van der Waals surface area contributed by atoms with Crippen LogP contribution in [0.2, 0.25) is 0 Å².